The van der Waals surface area contributed by atoms with Gasteiger partial charge in [-0.1, -0.05) is 34.2 Å². The smallest absolute Gasteiger partial charge is 0.169 e. The third-order valence-electron chi connectivity index (χ3n) is 1.94. The molecule has 7 heteroatoms. The fourth-order valence-electron chi connectivity index (χ4n) is 1.10. The summed E-state index contributed by atoms with van der Waals surface area (Å²) in [5.41, 5.74) is -1.20. The zero-order chi connectivity index (χ0) is 11.9. The number of alkyl halides is 7. The third kappa shape index (κ3) is 2.56. The summed E-state index contributed by atoms with van der Waals surface area (Å²) in [4.78, 5) is 0. The van der Waals surface area contributed by atoms with Gasteiger partial charge in [0.05, 0.1) is 0 Å². The molecule has 0 heterocycles. The molecule has 0 aromatic heterocycles. The van der Waals surface area contributed by atoms with Crippen molar-refractivity contribution in [3.63, 3.8) is 0 Å². The summed E-state index contributed by atoms with van der Waals surface area (Å²) in [6, 6.07) is 0. The fourth-order valence-corrected chi connectivity index (χ4v) is 1.56. The second-order valence-corrected chi connectivity index (χ2v) is 4.50. The summed E-state index contributed by atoms with van der Waals surface area (Å²) in [5, 5.41) is 0. The Morgan fingerprint density at radius 1 is 1.13 bits per heavy atom. The summed E-state index contributed by atoms with van der Waals surface area (Å²) in [7, 11) is 0. The summed E-state index contributed by atoms with van der Waals surface area (Å²) >= 11 is 2.30. The van der Waals surface area contributed by atoms with Crippen molar-refractivity contribution in [2.45, 2.75) is 23.1 Å². The predicted octanol–water partition coefficient (Wildman–Crippen LogP) is 4.13. The molecule has 0 aromatic rings. The normalized spacial score (nSPS) is 27.8. The van der Waals surface area contributed by atoms with Gasteiger partial charge in [0.1, 0.15) is 4.32 Å². The second kappa shape index (κ2) is 3.54. The van der Waals surface area contributed by atoms with Crippen LogP contribution in [0.3, 0.4) is 0 Å². The van der Waals surface area contributed by atoms with E-state index >= 15 is 0 Å². The molecule has 1 rings (SSSR count). The van der Waals surface area contributed by atoms with Gasteiger partial charge in [-0.15, -0.1) is 0 Å². The van der Waals surface area contributed by atoms with Crippen LogP contribution >= 0.6 is 15.9 Å². The SMILES string of the molecule is FC(F)(F)C1=CC=CC(Br)(C(F)(F)F)C1. The highest BCUT2D eigenvalue weighted by Crippen LogP contribution is 2.48. The maximum atomic E-state index is 12.4. The Labute approximate surface area is 89.8 Å². The van der Waals surface area contributed by atoms with Crippen LogP contribution in [0.25, 0.3) is 0 Å². The van der Waals surface area contributed by atoms with E-state index in [9.17, 15) is 26.3 Å². The molecule has 0 amide bonds. The zero-order valence-electron chi connectivity index (χ0n) is 7.08. The molecule has 86 valence electrons. The highest BCUT2D eigenvalue weighted by Gasteiger charge is 2.54. The van der Waals surface area contributed by atoms with E-state index in [1.165, 1.54) is 0 Å². The molecule has 0 radical (unpaired) electrons. The van der Waals surface area contributed by atoms with Crippen molar-refractivity contribution in [2.75, 3.05) is 0 Å². The van der Waals surface area contributed by atoms with Crippen molar-refractivity contribution < 1.29 is 26.3 Å². The van der Waals surface area contributed by atoms with Crippen LogP contribution in [0.5, 0.6) is 0 Å². The molecule has 0 spiro atoms. The lowest BCUT2D eigenvalue weighted by atomic mass is 9.93. The van der Waals surface area contributed by atoms with Crippen molar-refractivity contribution in [3.05, 3.63) is 23.8 Å². The Balaban J connectivity index is 2.99. The number of rotatable bonds is 0. The average molecular weight is 295 g/mol. The van der Waals surface area contributed by atoms with Gasteiger partial charge in [-0.25, -0.2) is 0 Å². The molecule has 0 fully saturated rings. The largest absolute Gasteiger partial charge is 0.412 e. The van der Waals surface area contributed by atoms with Gasteiger partial charge in [0.2, 0.25) is 0 Å². The summed E-state index contributed by atoms with van der Waals surface area (Å²) in [6.07, 6.45) is -8.55. The van der Waals surface area contributed by atoms with Gasteiger partial charge < -0.3 is 0 Å². The Morgan fingerprint density at radius 2 is 1.67 bits per heavy atom. The van der Waals surface area contributed by atoms with Gasteiger partial charge in [-0.3, -0.25) is 0 Å². The van der Waals surface area contributed by atoms with Crippen LogP contribution in [-0.2, 0) is 0 Å². The Morgan fingerprint density at radius 3 is 2.07 bits per heavy atom. The van der Waals surface area contributed by atoms with E-state index in [0.29, 0.717) is 12.2 Å². The Hall–Kier alpha value is -0.460. The molecule has 1 aliphatic rings. The highest BCUT2D eigenvalue weighted by atomic mass is 79.9. The van der Waals surface area contributed by atoms with Crippen LogP contribution in [0.15, 0.2) is 23.8 Å². The van der Waals surface area contributed by atoms with Crippen molar-refractivity contribution in [1.29, 1.82) is 0 Å². The van der Waals surface area contributed by atoms with Crippen molar-refractivity contribution in [3.8, 4) is 0 Å². The molecule has 0 saturated heterocycles. The van der Waals surface area contributed by atoms with E-state index in [4.69, 9.17) is 0 Å². The molecule has 1 atom stereocenters. The number of hydrogen-bond donors (Lipinski definition) is 0. The fraction of sp³-hybridized carbons (Fsp3) is 0.500. The highest BCUT2D eigenvalue weighted by molar-refractivity contribution is 9.10. The van der Waals surface area contributed by atoms with Crippen molar-refractivity contribution in [1.82, 2.24) is 0 Å². The first-order valence-electron chi connectivity index (χ1n) is 3.77. The quantitative estimate of drug-likeness (QED) is 0.465. The van der Waals surface area contributed by atoms with E-state index in [-0.39, 0.29) is 0 Å². The number of allylic oxidation sites excluding steroid dienone is 4. The first-order chi connectivity index (χ1) is 6.56. The summed E-state index contributed by atoms with van der Waals surface area (Å²) < 4.78 is 71.1. The zero-order valence-corrected chi connectivity index (χ0v) is 8.67. The van der Waals surface area contributed by atoms with Crippen LogP contribution in [0.1, 0.15) is 6.42 Å². The maximum absolute atomic E-state index is 12.4. The summed E-state index contributed by atoms with van der Waals surface area (Å²) in [6.45, 7) is 0. The molecular weight excluding hydrogens is 290 g/mol. The average Bonchev–Trinajstić information content (AvgIpc) is 2.00. The molecule has 0 saturated carbocycles. The number of hydrogen-bond acceptors (Lipinski definition) is 0. The molecule has 1 unspecified atom stereocenters. The molecule has 0 N–H and O–H groups in total. The minimum atomic E-state index is -4.76. The second-order valence-electron chi connectivity index (χ2n) is 3.09. The van der Waals surface area contributed by atoms with E-state index in [2.05, 4.69) is 15.9 Å². The standard InChI is InChI=1S/C8H5BrF6/c9-6(8(13,14)15)3-1-2-5(4-6)7(10,11)12/h1-3H,4H2. The summed E-state index contributed by atoms with van der Waals surface area (Å²) in [5.74, 6) is 0. The Kier molecular flexibility index (Phi) is 2.97. The van der Waals surface area contributed by atoms with Crippen LogP contribution in [0.4, 0.5) is 26.3 Å². The van der Waals surface area contributed by atoms with Gasteiger partial charge in [0.15, 0.2) is 0 Å². The first kappa shape index (κ1) is 12.6. The van der Waals surface area contributed by atoms with Crippen molar-refractivity contribution in [2.24, 2.45) is 0 Å². The van der Waals surface area contributed by atoms with Gasteiger partial charge in [-0.05, 0) is 0 Å². The van der Waals surface area contributed by atoms with Gasteiger partial charge in [0.25, 0.3) is 0 Å². The molecule has 15 heavy (non-hydrogen) atoms. The van der Waals surface area contributed by atoms with Gasteiger partial charge in [-0.2, -0.15) is 26.3 Å². The van der Waals surface area contributed by atoms with Gasteiger partial charge >= 0.3 is 12.4 Å². The van der Waals surface area contributed by atoms with E-state index in [1.807, 2.05) is 0 Å². The van der Waals surface area contributed by atoms with Crippen molar-refractivity contribution >= 4 is 15.9 Å². The topological polar surface area (TPSA) is 0 Å². The van der Waals surface area contributed by atoms with Gasteiger partial charge in [0, 0.05) is 12.0 Å². The van der Waals surface area contributed by atoms with Crippen LogP contribution in [-0.4, -0.2) is 16.7 Å². The first-order valence-corrected chi connectivity index (χ1v) is 4.57. The minimum absolute atomic E-state index is 0.644. The lowest BCUT2D eigenvalue weighted by molar-refractivity contribution is -0.151. The molecule has 0 bridgehead atoms. The molecule has 0 aromatic carbocycles. The lowest BCUT2D eigenvalue weighted by Crippen LogP contribution is -2.40. The lowest BCUT2D eigenvalue weighted by Gasteiger charge is -2.30. The van der Waals surface area contributed by atoms with E-state index in [1.54, 1.807) is 0 Å². The molecular formula is C8H5BrF6. The third-order valence-corrected chi connectivity index (χ3v) is 2.94. The molecule has 0 nitrogen and oxygen atoms in total. The van der Waals surface area contributed by atoms with Crippen LogP contribution < -0.4 is 0 Å². The molecule has 0 aliphatic heterocycles. The van der Waals surface area contributed by atoms with Crippen LogP contribution in [0.2, 0.25) is 0 Å². The van der Waals surface area contributed by atoms with E-state index < -0.39 is 28.7 Å². The Bertz CT molecular complexity index is 310. The predicted molar refractivity (Wildman–Crippen MR) is 45.6 cm³/mol. The van der Waals surface area contributed by atoms with Crippen LogP contribution in [0, 0.1) is 0 Å². The monoisotopic (exact) mass is 294 g/mol. The molecule has 1 aliphatic carbocycles. The number of halogens is 7. The minimum Gasteiger partial charge on any atom is -0.169 e. The van der Waals surface area contributed by atoms with E-state index in [0.717, 1.165) is 6.08 Å². The maximum Gasteiger partial charge on any atom is 0.412 e.